The van der Waals surface area contributed by atoms with Crippen LogP contribution in [-0.4, -0.2) is 36.7 Å². The molecule has 0 heterocycles. The van der Waals surface area contributed by atoms with Crippen LogP contribution in [0, 0.1) is 5.92 Å². The molecule has 0 aliphatic heterocycles. The van der Waals surface area contributed by atoms with Gasteiger partial charge >= 0.3 is 5.97 Å². The summed E-state index contributed by atoms with van der Waals surface area (Å²) in [5.41, 5.74) is 1.05. The Balaban J connectivity index is 2.55. The van der Waals surface area contributed by atoms with Crippen LogP contribution >= 0.6 is 0 Å². The number of methoxy groups -OCH3 is 1. The van der Waals surface area contributed by atoms with Crippen LogP contribution in [0.25, 0.3) is 0 Å². The van der Waals surface area contributed by atoms with Gasteiger partial charge in [-0.2, -0.15) is 0 Å². The number of esters is 1. The number of nitrogens with one attached hydrogen (secondary N) is 1. The molecule has 2 N–H and O–H groups in total. The molecule has 0 saturated heterocycles. The lowest BCUT2D eigenvalue weighted by molar-refractivity contribution is -0.146. The molecule has 5 nitrogen and oxygen atoms in total. The average molecular weight is 265 g/mol. The van der Waals surface area contributed by atoms with Crippen molar-refractivity contribution in [3.05, 3.63) is 35.9 Å². The van der Waals surface area contributed by atoms with Gasteiger partial charge in [-0.15, -0.1) is 0 Å². The van der Waals surface area contributed by atoms with Crippen molar-refractivity contribution in [1.82, 2.24) is 5.32 Å². The van der Waals surface area contributed by atoms with E-state index in [9.17, 15) is 9.59 Å². The molecule has 104 valence electrons. The zero-order valence-electron chi connectivity index (χ0n) is 11.1. The van der Waals surface area contributed by atoms with Gasteiger partial charge in [0.25, 0.3) is 0 Å². The third kappa shape index (κ3) is 4.71. The van der Waals surface area contributed by atoms with Gasteiger partial charge in [0.15, 0.2) is 6.04 Å². The smallest absolute Gasteiger partial charge is 0.330 e. The second-order valence-electron chi connectivity index (χ2n) is 4.36. The maximum Gasteiger partial charge on any atom is 0.330 e. The molecule has 0 spiro atoms. The van der Waals surface area contributed by atoms with Crippen molar-refractivity contribution in [3.8, 4) is 0 Å². The highest BCUT2D eigenvalue weighted by Crippen LogP contribution is 2.08. The van der Waals surface area contributed by atoms with E-state index in [0.29, 0.717) is 6.42 Å². The molecular formula is C14H19NO4. The number of carbonyl (C=O) groups excluding carboxylic acids is 2. The van der Waals surface area contributed by atoms with Gasteiger partial charge in [-0.05, 0) is 12.0 Å². The fourth-order valence-corrected chi connectivity index (χ4v) is 1.70. The van der Waals surface area contributed by atoms with Crippen LogP contribution in [-0.2, 0) is 20.7 Å². The second kappa shape index (κ2) is 7.53. The molecule has 1 rings (SSSR count). The Morgan fingerprint density at radius 2 is 1.95 bits per heavy atom. The number of hydrogen-bond donors (Lipinski definition) is 2. The van der Waals surface area contributed by atoms with Gasteiger partial charge in [0.1, 0.15) is 0 Å². The number of hydrogen-bond acceptors (Lipinski definition) is 4. The van der Waals surface area contributed by atoms with Gasteiger partial charge in [0.2, 0.25) is 5.91 Å². The Labute approximate surface area is 112 Å². The Morgan fingerprint density at radius 1 is 1.32 bits per heavy atom. The number of rotatable bonds is 6. The SMILES string of the molecule is COC(=O)C(CO)NC(=O)[C@H](C)Cc1ccccc1. The number of ether oxygens (including phenoxy) is 1. The fourth-order valence-electron chi connectivity index (χ4n) is 1.70. The molecule has 2 atom stereocenters. The molecule has 0 aliphatic carbocycles. The third-order valence-electron chi connectivity index (χ3n) is 2.82. The standard InChI is InChI=1S/C14H19NO4/c1-10(8-11-6-4-3-5-7-11)13(17)15-12(9-16)14(18)19-2/h3-7,10,12,16H,8-9H2,1-2H3,(H,15,17)/t10-,12?/m1/s1. The molecule has 1 aromatic rings. The lowest BCUT2D eigenvalue weighted by Crippen LogP contribution is -2.46. The Kier molecular flexibility index (Phi) is 6.02. The number of carbonyl (C=O) groups is 2. The summed E-state index contributed by atoms with van der Waals surface area (Å²) < 4.78 is 4.49. The van der Waals surface area contributed by atoms with Crippen molar-refractivity contribution < 1.29 is 19.4 Å². The lowest BCUT2D eigenvalue weighted by atomic mass is 10.00. The van der Waals surface area contributed by atoms with E-state index in [1.807, 2.05) is 30.3 Å². The molecule has 0 bridgehead atoms. The van der Waals surface area contributed by atoms with Crippen LogP contribution in [0.4, 0.5) is 0 Å². The zero-order chi connectivity index (χ0) is 14.3. The van der Waals surface area contributed by atoms with Crippen LogP contribution in [0.1, 0.15) is 12.5 Å². The Hall–Kier alpha value is -1.88. The zero-order valence-corrected chi connectivity index (χ0v) is 11.1. The van der Waals surface area contributed by atoms with Gasteiger partial charge in [-0.3, -0.25) is 4.79 Å². The number of aliphatic hydroxyl groups is 1. The summed E-state index contributed by atoms with van der Waals surface area (Å²) in [5, 5.41) is 11.5. The molecular weight excluding hydrogens is 246 g/mol. The number of amides is 1. The molecule has 1 amide bonds. The van der Waals surface area contributed by atoms with E-state index in [0.717, 1.165) is 5.56 Å². The lowest BCUT2D eigenvalue weighted by Gasteiger charge is -2.17. The van der Waals surface area contributed by atoms with E-state index in [1.165, 1.54) is 7.11 Å². The van der Waals surface area contributed by atoms with E-state index >= 15 is 0 Å². The molecule has 1 unspecified atom stereocenters. The molecule has 0 aliphatic rings. The predicted molar refractivity (Wildman–Crippen MR) is 70.3 cm³/mol. The van der Waals surface area contributed by atoms with Crippen LogP contribution in [0.15, 0.2) is 30.3 Å². The summed E-state index contributed by atoms with van der Waals surface area (Å²) in [5.74, 6) is -1.22. The summed E-state index contributed by atoms with van der Waals surface area (Å²) >= 11 is 0. The third-order valence-corrected chi connectivity index (χ3v) is 2.82. The quantitative estimate of drug-likeness (QED) is 0.735. The predicted octanol–water partition coefficient (Wildman–Crippen LogP) is 0.515. The van der Waals surface area contributed by atoms with E-state index in [4.69, 9.17) is 5.11 Å². The Bertz CT molecular complexity index is 419. The van der Waals surface area contributed by atoms with Crippen LogP contribution in [0.3, 0.4) is 0 Å². The molecule has 5 heteroatoms. The first-order chi connectivity index (χ1) is 9.08. The van der Waals surface area contributed by atoms with Crippen molar-refractivity contribution in [2.45, 2.75) is 19.4 Å². The summed E-state index contributed by atoms with van der Waals surface area (Å²) in [6.07, 6.45) is 0.575. The van der Waals surface area contributed by atoms with Crippen molar-refractivity contribution in [2.24, 2.45) is 5.92 Å². The fraction of sp³-hybridized carbons (Fsp3) is 0.429. The monoisotopic (exact) mass is 265 g/mol. The van der Waals surface area contributed by atoms with Gasteiger partial charge in [-0.25, -0.2) is 4.79 Å². The molecule has 0 aromatic heterocycles. The van der Waals surface area contributed by atoms with E-state index in [-0.39, 0.29) is 11.8 Å². The first-order valence-electron chi connectivity index (χ1n) is 6.11. The van der Waals surface area contributed by atoms with Crippen LogP contribution in [0.2, 0.25) is 0 Å². The normalized spacial score (nSPS) is 13.4. The molecule has 19 heavy (non-hydrogen) atoms. The van der Waals surface area contributed by atoms with E-state index < -0.39 is 18.6 Å². The molecule has 0 fully saturated rings. The van der Waals surface area contributed by atoms with Gasteiger partial charge in [0, 0.05) is 5.92 Å². The number of benzene rings is 1. The maximum atomic E-state index is 11.9. The van der Waals surface area contributed by atoms with Gasteiger partial charge in [-0.1, -0.05) is 37.3 Å². The van der Waals surface area contributed by atoms with Crippen molar-refractivity contribution in [2.75, 3.05) is 13.7 Å². The maximum absolute atomic E-state index is 11.9. The van der Waals surface area contributed by atoms with Crippen molar-refractivity contribution in [3.63, 3.8) is 0 Å². The minimum Gasteiger partial charge on any atom is -0.467 e. The highest BCUT2D eigenvalue weighted by Gasteiger charge is 2.23. The number of aliphatic hydroxyl groups excluding tert-OH is 1. The first-order valence-corrected chi connectivity index (χ1v) is 6.11. The van der Waals surface area contributed by atoms with Gasteiger partial charge < -0.3 is 15.2 Å². The minimum absolute atomic E-state index is 0.284. The summed E-state index contributed by atoms with van der Waals surface area (Å²) in [7, 11) is 1.21. The van der Waals surface area contributed by atoms with E-state index in [1.54, 1.807) is 6.92 Å². The molecule has 1 aromatic carbocycles. The largest absolute Gasteiger partial charge is 0.467 e. The minimum atomic E-state index is -1.00. The highest BCUT2D eigenvalue weighted by atomic mass is 16.5. The highest BCUT2D eigenvalue weighted by molar-refractivity contribution is 5.85. The topological polar surface area (TPSA) is 75.6 Å². The van der Waals surface area contributed by atoms with Crippen LogP contribution < -0.4 is 5.32 Å². The summed E-state index contributed by atoms with van der Waals surface area (Å²) in [4.78, 5) is 23.2. The van der Waals surface area contributed by atoms with Crippen molar-refractivity contribution >= 4 is 11.9 Å². The first kappa shape index (κ1) is 15.2. The molecule has 0 saturated carbocycles. The second-order valence-corrected chi connectivity index (χ2v) is 4.36. The Morgan fingerprint density at radius 3 is 2.47 bits per heavy atom. The van der Waals surface area contributed by atoms with Gasteiger partial charge in [0.05, 0.1) is 13.7 Å². The van der Waals surface area contributed by atoms with E-state index in [2.05, 4.69) is 10.1 Å². The average Bonchev–Trinajstić information content (AvgIpc) is 2.44. The van der Waals surface area contributed by atoms with Crippen LogP contribution in [0.5, 0.6) is 0 Å². The molecule has 0 radical (unpaired) electrons. The summed E-state index contributed by atoms with van der Waals surface area (Å²) in [6.45, 7) is 1.30. The van der Waals surface area contributed by atoms with Crippen molar-refractivity contribution in [1.29, 1.82) is 0 Å². The summed E-state index contributed by atoms with van der Waals surface area (Å²) in [6, 6.07) is 8.60.